The van der Waals surface area contributed by atoms with Gasteiger partial charge in [-0.25, -0.2) is 0 Å². The number of alkyl halides is 3. The Hall–Kier alpha value is -5.02. The Labute approximate surface area is 332 Å². The number of carbonyl (C=O) groups excluding carboxylic acids is 4. The molecule has 13 nitrogen and oxygen atoms in total. The van der Waals surface area contributed by atoms with Crippen molar-refractivity contribution in [2.24, 2.45) is 0 Å². The Kier molecular flexibility index (Phi) is 12.0. The zero-order valence-electron chi connectivity index (χ0n) is 30.5. The van der Waals surface area contributed by atoms with Crippen LogP contribution in [0.15, 0.2) is 60.7 Å². The molecule has 3 aromatic carbocycles. The van der Waals surface area contributed by atoms with E-state index in [4.69, 9.17) is 16.3 Å². The third-order valence-corrected chi connectivity index (χ3v) is 10.7. The first-order valence-corrected chi connectivity index (χ1v) is 18.7. The first kappa shape index (κ1) is 40.6. The number of hydrogen-bond acceptors (Lipinski definition) is 11. The van der Waals surface area contributed by atoms with E-state index in [1.165, 1.54) is 6.07 Å². The molecule has 3 heterocycles. The number of carbonyl (C=O) groups is 4. The van der Waals surface area contributed by atoms with Gasteiger partial charge in [-0.1, -0.05) is 17.7 Å². The van der Waals surface area contributed by atoms with Crippen LogP contribution in [0.2, 0.25) is 5.02 Å². The van der Waals surface area contributed by atoms with Crippen LogP contribution in [0.4, 0.5) is 35.9 Å². The predicted octanol–water partition coefficient (Wildman–Crippen LogP) is 4.93. The van der Waals surface area contributed by atoms with Crippen molar-refractivity contribution in [1.82, 2.24) is 15.1 Å². The molecule has 296 valence electrons. The molecular formula is C38H40ClF3N8O5S. The molecule has 56 heavy (non-hydrogen) atoms. The molecule has 3 saturated heterocycles. The van der Waals surface area contributed by atoms with Gasteiger partial charge in [-0.2, -0.15) is 18.4 Å². The first-order valence-electron chi connectivity index (χ1n) is 17.8. The number of halogens is 4. The van der Waals surface area contributed by atoms with Crippen LogP contribution in [-0.4, -0.2) is 96.4 Å². The third kappa shape index (κ3) is 8.99. The molecule has 3 fully saturated rings. The van der Waals surface area contributed by atoms with Crippen LogP contribution in [0.25, 0.3) is 0 Å². The highest BCUT2D eigenvalue weighted by molar-refractivity contribution is 7.81. The molecule has 3 aliphatic heterocycles. The molecule has 3 aromatic rings. The summed E-state index contributed by atoms with van der Waals surface area (Å²) in [6, 6.07) is 16.2. The monoisotopic (exact) mass is 812 g/mol. The summed E-state index contributed by atoms with van der Waals surface area (Å²) in [7, 11) is 0. The van der Waals surface area contributed by atoms with Crippen LogP contribution in [0.3, 0.4) is 0 Å². The second-order valence-electron chi connectivity index (χ2n) is 14.1. The van der Waals surface area contributed by atoms with Crippen LogP contribution in [0.5, 0.6) is 5.75 Å². The fraction of sp³-hybridized carbons (Fsp3) is 0.395. The second kappa shape index (κ2) is 16.6. The Morgan fingerprint density at radius 3 is 2.39 bits per heavy atom. The maximum Gasteiger partial charge on any atom is 0.417 e. The van der Waals surface area contributed by atoms with E-state index in [0.29, 0.717) is 55.5 Å². The van der Waals surface area contributed by atoms with Crippen molar-refractivity contribution >= 4 is 70.6 Å². The van der Waals surface area contributed by atoms with Gasteiger partial charge in [0.25, 0.3) is 5.91 Å². The normalized spacial score (nSPS) is 20.4. The molecule has 0 spiro atoms. The molecule has 3 N–H and O–H groups in total. The van der Waals surface area contributed by atoms with Gasteiger partial charge >= 0.3 is 6.18 Å². The van der Waals surface area contributed by atoms with Gasteiger partial charge in [-0.05, 0) is 74.9 Å². The minimum Gasteiger partial charge on any atom is -0.491 e. The topological polar surface area (TPSA) is 150 Å². The average molecular weight is 813 g/mol. The van der Waals surface area contributed by atoms with E-state index < -0.39 is 40.3 Å². The Morgan fingerprint density at radius 2 is 1.71 bits per heavy atom. The zero-order chi connectivity index (χ0) is 40.4. The highest BCUT2D eigenvalue weighted by Gasteiger charge is 2.52. The van der Waals surface area contributed by atoms with Gasteiger partial charge in [0, 0.05) is 61.9 Å². The van der Waals surface area contributed by atoms with Gasteiger partial charge in [0.1, 0.15) is 23.9 Å². The molecule has 4 amide bonds. The number of anilines is 4. The van der Waals surface area contributed by atoms with Crippen LogP contribution >= 0.6 is 24.2 Å². The maximum atomic E-state index is 13.7. The number of nitrogens with zero attached hydrogens (tertiary/aromatic N) is 5. The summed E-state index contributed by atoms with van der Waals surface area (Å²) < 4.78 is 47.1. The number of thiol groups is 1. The van der Waals surface area contributed by atoms with Crippen LogP contribution in [-0.2, 0) is 25.4 Å². The highest BCUT2D eigenvalue weighted by Crippen LogP contribution is 2.43. The number of ether oxygens (including phenoxy) is 1. The van der Waals surface area contributed by atoms with Crippen molar-refractivity contribution in [3.8, 4) is 11.8 Å². The Bertz CT molecular complexity index is 2060. The Balaban J connectivity index is 0.974. The molecule has 6 rings (SSSR count). The van der Waals surface area contributed by atoms with E-state index in [0.717, 1.165) is 30.1 Å². The number of piperazine rings is 1. The fourth-order valence-electron chi connectivity index (χ4n) is 6.96. The van der Waals surface area contributed by atoms with E-state index >= 15 is 0 Å². The van der Waals surface area contributed by atoms with Crippen molar-refractivity contribution < 1.29 is 37.1 Å². The lowest BCUT2D eigenvalue weighted by Crippen LogP contribution is -2.49. The maximum absolute atomic E-state index is 13.7. The van der Waals surface area contributed by atoms with Crippen LogP contribution in [0.1, 0.15) is 37.8 Å². The minimum absolute atomic E-state index is 0.0454. The SMILES string of the molecule is CC1(C)C(=O)N(c2ccc(C#N)c(C(F)(F)F)c2)C(S)N1c1ccc(OCCN2CCN(CC(=O)Nc3cccc(NC4CCC(=O)NC4=O)c3)CC2)c(Cl)c1. The highest BCUT2D eigenvalue weighted by atomic mass is 35.5. The molecule has 0 saturated carbocycles. The summed E-state index contributed by atoms with van der Waals surface area (Å²) >= 11 is 11.3. The van der Waals surface area contributed by atoms with Crippen LogP contribution < -0.4 is 30.5 Å². The number of nitrogens with one attached hydrogen (secondary N) is 3. The van der Waals surface area contributed by atoms with E-state index in [-0.39, 0.29) is 41.4 Å². The molecule has 0 radical (unpaired) electrons. The Morgan fingerprint density at radius 1 is 1.02 bits per heavy atom. The van der Waals surface area contributed by atoms with Gasteiger partial charge in [0.2, 0.25) is 17.7 Å². The minimum atomic E-state index is -4.79. The van der Waals surface area contributed by atoms with Gasteiger partial charge in [-0.15, -0.1) is 12.6 Å². The molecular weight excluding hydrogens is 773 g/mol. The quantitative estimate of drug-likeness (QED) is 0.155. The van der Waals surface area contributed by atoms with E-state index in [2.05, 4.69) is 38.4 Å². The lowest BCUT2D eigenvalue weighted by atomic mass is 10.0. The lowest BCUT2D eigenvalue weighted by molar-refractivity contribution is -0.138. The summed E-state index contributed by atoms with van der Waals surface area (Å²) in [5.41, 5.74) is -2.18. The molecule has 0 aromatic heterocycles. The number of imide groups is 1. The number of amides is 4. The number of benzene rings is 3. The summed E-state index contributed by atoms with van der Waals surface area (Å²) in [4.78, 5) is 57.0. The summed E-state index contributed by atoms with van der Waals surface area (Å²) in [6.45, 7) is 7.22. The summed E-state index contributed by atoms with van der Waals surface area (Å²) in [5, 5.41) is 17.8. The van der Waals surface area contributed by atoms with E-state index in [1.807, 2.05) is 0 Å². The average Bonchev–Trinajstić information content (AvgIpc) is 3.32. The molecule has 3 aliphatic rings. The summed E-state index contributed by atoms with van der Waals surface area (Å²) in [6.07, 6.45) is -4.14. The molecule has 0 bridgehead atoms. The number of piperidine rings is 1. The fourth-order valence-corrected chi connectivity index (χ4v) is 7.85. The van der Waals surface area contributed by atoms with Gasteiger partial charge in [-0.3, -0.25) is 39.2 Å². The second-order valence-corrected chi connectivity index (χ2v) is 15.0. The predicted molar refractivity (Wildman–Crippen MR) is 208 cm³/mol. The first-order chi connectivity index (χ1) is 26.5. The molecule has 18 heteroatoms. The van der Waals surface area contributed by atoms with Crippen molar-refractivity contribution in [2.75, 3.05) is 66.3 Å². The van der Waals surface area contributed by atoms with Crippen molar-refractivity contribution in [3.63, 3.8) is 0 Å². The standard InChI is InChI=1S/C38H40ClF3N8O5S/c1-37(2)35(54)49(26-7-6-23(21-43)28(19-26)38(40,41)42)36(56)50(37)27-8-10-31(29(39)20-27)55-17-16-47-12-14-48(15-13-47)22-33(52)45-25-5-3-4-24(18-25)44-30-9-11-32(51)46-34(30)53/h3-8,10,18-20,30,36,44,56H,9,11-17,22H2,1-2H3,(H,45,52)(H,46,51,53). The third-order valence-electron chi connectivity index (χ3n) is 9.93. The van der Waals surface area contributed by atoms with E-state index in [1.54, 1.807) is 67.3 Å². The lowest BCUT2D eigenvalue weighted by Gasteiger charge is -2.34. The molecule has 0 aliphatic carbocycles. The van der Waals surface area contributed by atoms with Crippen molar-refractivity contribution in [3.05, 3.63) is 76.8 Å². The number of nitriles is 1. The van der Waals surface area contributed by atoms with Gasteiger partial charge in [0.05, 0.1) is 28.8 Å². The molecule has 2 unspecified atom stereocenters. The molecule has 2 atom stereocenters. The van der Waals surface area contributed by atoms with Gasteiger partial charge < -0.3 is 20.3 Å². The van der Waals surface area contributed by atoms with Crippen molar-refractivity contribution in [2.45, 2.75) is 49.9 Å². The summed E-state index contributed by atoms with van der Waals surface area (Å²) in [5.74, 6) is -0.896. The zero-order valence-corrected chi connectivity index (χ0v) is 32.2. The van der Waals surface area contributed by atoms with Crippen LogP contribution in [0, 0.1) is 11.3 Å². The number of hydrogen-bond donors (Lipinski definition) is 4. The largest absolute Gasteiger partial charge is 0.491 e. The smallest absolute Gasteiger partial charge is 0.417 e. The van der Waals surface area contributed by atoms with E-state index in [9.17, 15) is 37.6 Å². The number of rotatable bonds is 11. The van der Waals surface area contributed by atoms with Gasteiger partial charge in [0.15, 0.2) is 5.50 Å². The van der Waals surface area contributed by atoms with Crippen molar-refractivity contribution in [1.29, 1.82) is 5.26 Å².